The highest BCUT2D eigenvalue weighted by Crippen LogP contribution is 2.60. The Hall–Kier alpha value is -3.63. The number of aromatic nitrogens is 2. The highest BCUT2D eigenvalue weighted by molar-refractivity contribution is 8.01. The Balaban J connectivity index is 1.44. The highest BCUT2D eigenvalue weighted by atomic mass is 32.2. The fourth-order valence-electron chi connectivity index (χ4n) is 4.97. The first-order valence-corrected chi connectivity index (χ1v) is 12.3. The number of nitrogens with zero attached hydrogens (tertiary/aromatic N) is 2. The van der Waals surface area contributed by atoms with E-state index in [1.54, 1.807) is 18.5 Å². The first-order valence-electron chi connectivity index (χ1n) is 11.5. The number of benzene rings is 1. The number of nitrogens with one attached hydrogen (secondary N) is 4. The molecule has 0 radical (unpaired) electrons. The van der Waals surface area contributed by atoms with Crippen molar-refractivity contribution in [1.29, 1.82) is 0 Å². The monoisotopic (exact) mass is 488 g/mol. The minimum Gasteiger partial charge on any atom is -0.439 e. The molecule has 3 aliphatic rings. The third-order valence-corrected chi connectivity index (χ3v) is 8.10. The molecule has 3 aromatic rings. The zero-order valence-electron chi connectivity index (χ0n) is 19.0. The van der Waals surface area contributed by atoms with Gasteiger partial charge >= 0.3 is 6.03 Å². The lowest BCUT2D eigenvalue weighted by Crippen LogP contribution is -2.54. The SMILES string of the molecule is Cc1cc(Oc2ccccc2)ncc1C1(C(=O)NC2CCNC2)Sc2nccc3c2C1NC(=O)N3. The molecule has 0 spiro atoms. The molecule has 178 valence electrons. The average molecular weight is 489 g/mol. The summed E-state index contributed by atoms with van der Waals surface area (Å²) in [5.41, 5.74) is 3.03. The van der Waals surface area contributed by atoms with Crippen LogP contribution in [0.15, 0.2) is 59.9 Å². The molecule has 1 aromatic carbocycles. The molecule has 2 aromatic heterocycles. The van der Waals surface area contributed by atoms with Crippen LogP contribution in [0.2, 0.25) is 0 Å². The lowest BCUT2D eigenvalue weighted by molar-refractivity contribution is -0.125. The van der Waals surface area contributed by atoms with Crippen LogP contribution in [0, 0.1) is 6.92 Å². The molecule has 0 saturated carbocycles. The molecule has 1 saturated heterocycles. The lowest BCUT2D eigenvalue weighted by atomic mass is 9.83. The van der Waals surface area contributed by atoms with E-state index in [0.29, 0.717) is 34.5 Å². The van der Waals surface area contributed by atoms with Gasteiger partial charge in [-0.05, 0) is 43.7 Å². The summed E-state index contributed by atoms with van der Waals surface area (Å²) in [6.07, 6.45) is 4.19. The molecule has 6 rings (SSSR count). The number of carbonyl (C=O) groups excluding carboxylic acids is 2. The summed E-state index contributed by atoms with van der Waals surface area (Å²) in [5, 5.41) is 13.1. The summed E-state index contributed by atoms with van der Waals surface area (Å²) >= 11 is 1.36. The summed E-state index contributed by atoms with van der Waals surface area (Å²) in [6.45, 7) is 3.50. The maximum atomic E-state index is 14.1. The normalized spacial score (nSPS) is 24.3. The number of pyridine rings is 2. The molecule has 3 aliphatic heterocycles. The zero-order chi connectivity index (χ0) is 24.0. The van der Waals surface area contributed by atoms with Crippen LogP contribution >= 0.6 is 11.8 Å². The Morgan fingerprint density at radius 1 is 1.23 bits per heavy atom. The summed E-state index contributed by atoms with van der Waals surface area (Å²) in [6, 6.07) is 12.1. The van der Waals surface area contributed by atoms with E-state index in [9.17, 15) is 9.59 Å². The van der Waals surface area contributed by atoms with Crippen LogP contribution in [-0.4, -0.2) is 41.0 Å². The number of rotatable bonds is 5. The molecule has 0 aliphatic carbocycles. The molecule has 0 bridgehead atoms. The molecule has 35 heavy (non-hydrogen) atoms. The van der Waals surface area contributed by atoms with Crippen LogP contribution in [0.4, 0.5) is 10.5 Å². The van der Waals surface area contributed by atoms with Crippen molar-refractivity contribution in [3.05, 3.63) is 71.5 Å². The molecule has 3 unspecified atom stereocenters. The van der Waals surface area contributed by atoms with E-state index >= 15 is 0 Å². The Labute approximate surface area is 206 Å². The molecule has 10 heteroatoms. The van der Waals surface area contributed by atoms with Crippen molar-refractivity contribution in [3.8, 4) is 11.6 Å². The fourth-order valence-corrected chi connectivity index (χ4v) is 6.49. The molecular weight excluding hydrogens is 464 g/mol. The van der Waals surface area contributed by atoms with E-state index in [1.165, 1.54) is 11.8 Å². The average Bonchev–Trinajstić information content (AvgIpc) is 3.47. The third kappa shape index (κ3) is 3.69. The van der Waals surface area contributed by atoms with Crippen LogP contribution in [0.3, 0.4) is 0 Å². The van der Waals surface area contributed by atoms with Gasteiger partial charge in [0.15, 0.2) is 4.75 Å². The maximum absolute atomic E-state index is 14.1. The number of carbonyl (C=O) groups is 2. The summed E-state index contributed by atoms with van der Waals surface area (Å²) in [4.78, 5) is 35.8. The molecule has 4 N–H and O–H groups in total. The van der Waals surface area contributed by atoms with E-state index in [0.717, 1.165) is 24.1 Å². The number of hydrogen-bond donors (Lipinski definition) is 4. The van der Waals surface area contributed by atoms with Crippen LogP contribution < -0.4 is 26.0 Å². The molecule has 1 fully saturated rings. The Kier molecular flexibility index (Phi) is 5.34. The molecule has 3 amide bonds. The second-order valence-electron chi connectivity index (χ2n) is 8.86. The van der Waals surface area contributed by atoms with Crippen molar-refractivity contribution >= 4 is 29.4 Å². The van der Waals surface area contributed by atoms with E-state index in [4.69, 9.17) is 4.74 Å². The van der Waals surface area contributed by atoms with Crippen LogP contribution in [-0.2, 0) is 9.54 Å². The van der Waals surface area contributed by atoms with Crippen LogP contribution in [0.1, 0.15) is 29.2 Å². The highest BCUT2D eigenvalue weighted by Gasteiger charge is 2.58. The predicted molar refractivity (Wildman–Crippen MR) is 132 cm³/mol. The predicted octanol–water partition coefficient (Wildman–Crippen LogP) is 3.23. The minimum atomic E-state index is -1.17. The number of para-hydroxylation sites is 1. The Morgan fingerprint density at radius 3 is 2.86 bits per heavy atom. The van der Waals surface area contributed by atoms with Gasteiger partial charge in [-0.1, -0.05) is 30.0 Å². The Morgan fingerprint density at radius 2 is 2.09 bits per heavy atom. The number of aryl methyl sites for hydroxylation is 1. The Bertz CT molecular complexity index is 1310. The van der Waals surface area contributed by atoms with Crippen LogP contribution in [0.5, 0.6) is 11.6 Å². The van der Waals surface area contributed by atoms with E-state index in [2.05, 4.69) is 31.2 Å². The standard InChI is InChI=1S/C25H24N6O3S/c1-14-11-19(34-16-5-3-2-4-6-16)28-13-17(14)25(23(32)29-15-7-9-26-12-15)21-20-18(30-24(33)31-21)8-10-27-22(20)35-25/h2-6,8,10-11,13,15,21,26H,7,9,12H2,1H3,(H,29,32)(H2,30,31,33). The molecule has 3 atom stereocenters. The van der Waals surface area contributed by atoms with Crippen molar-refractivity contribution in [2.45, 2.75) is 35.2 Å². The van der Waals surface area contributed by atoms with Gasteiger partial charge in [0.25, 0.3) is 0 Å². The molecule has 5 heterocycles. The van der Waals surface area contributed by atoms with Crippen LogP contribution in [0.25, 0.3) is 0 Å². The fraction of sp³-hybridized carbons (Fsp3) is 0.280. The van der Waals surface area contributed by atoms with Crippen molar-refractivity contribution < 1.29 is 14.3 Å². The van der Waals surface area contributed by atoms with Crippen molar-refractivity contribution in [1.82, 2.24) is 25.9 Å². The van der Waals surface area contributed by atoms with Gasteiger partial charge in [0.05, 0.1) is 11.7 Å². The quantitative estimate of drug-likeness (QED) is 0.436. The summed E-state index contributed by atoms with van der Waals surface area (Å²) in [5.74, 6) is 0.936. The van der Waals surface area contributed by atoms with Crippen molar-refractivity contribution in [2.24, 2.45) is 0 Å². The van der Waals surface area contributed by atoms with Gasteiger partial charge in [-0.25, -0.2) is 14.8 Å². The van der Waals surface area contributed by atoms with E-state index in [-0.39, 0.29) is 18.0 Å². The minimum absolute atomic E-state index is 0.0162. The maximum Gasteiger partial charge on any atom is 0.319 e. The van der Waals surface area contributed by atoms with Crippen molar-refractivity contribution in [3.63, 3.8) is 0 Å². The van der Waals surface area contributed by atoms with Gasteiger partial charge in [0.1, 0.15) is 10.8 Å². The largest absolute Gasteiger partial charge is 0.439 e. The third-order valence-electron chi connectivity index (χ3n) is 6.61. The molecule has 9 nitrogen and oxygen atoms in total. The van der Waals surface area contributed by atoms with Gasteiger partial charge in [-0.15, -0.1) is 0 Å². The van der Waals surface area contributed by atoms with Gasteiger partial charge in [-0.3, -0.25) is 4.79 Å². The van der Waals surface area contributed by atoms with Gasteiger partial charge in [0, 0.05) is 42.2 Å². The smallest absolute Gasteiger partial charge is 0.319 e. The first-order chi connectivity index (χ1) is 17.0. The van der Waals surface area contributed by atoms with E-state index < -0.39 is 10.8 Å². The zero-order valence-corrected chi connectivity index (χ0v) is 19.8. The number of urea groups is 1. The number of anilines is 1. The number of ether oxygens (including phenoxy) is 1. The van der Waals surface area contributed by atoms with Crippen molar-refractivity contribution in [2.75, 3.05) is 18.4 Å². The topological polar surface area (TPSA) is 117 Å². The van der Waals surface area contributed by atoms with E-state index in [1.807, 2.05) is 43.3 Å². The summed E-state index contributed by atoms with van der Waals surface area (Å²) in [7, 11) is 0. The second kappa shape index (κ2) is 8.54. The first kappa shape index (κ1) is 21.9. The second-order valence-corrected chi connectivity index (χ2v) is 10.1. The lowest BCUT2D eigenvalue weighted by Gasteiger charge is -2.37. The van der Waals surface area contributed by atoms with Gasteiger partial charge in [-0.2, -0.15) is 0 Å². The number of hydrogen-bond acceptors (Lipinski definition) is 7. The molecular formula is C25H24N6O3S. The summed E-state index contributed by atoms with van der Waals surface area (Å²) < 4.78 is 4.75. The van der Waals surface area contributed by atoms with Gasteiger partial charge in [0.2, 0.25) is 11.8 Å². The number of thioether (sulfide) groups is 1. The number of amides is 3. The van der Waals surface area contributed by atoms with Gasteiger partial charge < -0.3 is 26.0 Å².